The number of hydrogen-bond donors (Lipinski definition) is 3. The second-order valence-corrected chi connectivity index (χ2v) is 4.99. The minimum Gasteiger partial charge on any atom is -0.481 e. The predicted molar refractivity (Wildman–Crippen MR) is 70.8 cm³/mol. The lowest BCUT2D eigenvalue weighted by atomic mass is 9.99. The first-order chi connectivity index (χ1) is 8.68. The van der Waals surface area contributed by atoms with Crippen LogP contribution in [0.4, 0.5) is 4.79 Å². The molecule has 0 bridgehead atoms. The number of rotatable bonds is 7. The van der Waals surface area contributed by atoms with Crippen molar-refractivity contribution < 1.29 is 19.5 Å². The molecular formula is C12H23N3O4. The summed E-state index contributed by atoms with van der Waals surface area (Å²) in [5, 5.41) is 13.7. The van der Waals surface area contributed by atoms with E-state index < -0.39 is 17.5 Å². The molecule has 0 fully saturated rings. The van der Waals surface area contributed by atoms with E-state index in [2.05, 4.69) is 10.6 Å². The van der Waals surface area contributed by atoms with Gasteiger partial charge in [-0.2, -0.15) is 0 Å². The van der Waals surface area contributed by atoms with Crippen LogP contribution in [0.25, 0.3) is 0 Å². The number of nitrogens with one attached hydrogen (secondary N) is 2. The predicted octanol–water partition coefficient (Wildman–Crippen LogP) is 0.407. The van der Waals surface area contributed by atoms with Gasteiger partial charge in [-0.3, -0.25) is 9.59 Å². The van der Waals surface area contributed by atoms with Gasteiger partial charge in [-0.25, -0.2) is 4.79 Å². The second-order valence-electron chi connectivity index (χ2n) is 4.99. The lowest BCUT2D eigenvalue weighted by molar-refractivity contribution is -0.137. The van der Waals surface area contributed by atoms with Crippen molar-refractivity contribution in [2.75, 3.05) is 20.1 Å². The quantitative estimate of drug-likeness (QED) is 0.625. The van der Waals surface area contributed by atoms with Crippen molar-refractivity contribution in [3.63, 3.8) is 0 Å². The number of amides is 3. The van der Waals surface area contributed by atoms with Crippen molar-refractivity contribution in [2.24, 2.45) is 0 Å². The van der Waals surface area contributed by atoms with Crippen LogP contribution in [0.15, 0.2) is 0 Å². The molecule has 0 aliphatic rings. The van der Waals surface area contributed by atoms with Crippen LogP contribution in [0.1, 0.15) is 33.6 Å². The maximum absolute atomic E-state index is 11.6. The van der Waals surface area contributed by atoms with Crippen molar-refractivity contribution >= 4 is 17.9 Å². The smallest absolute Gasteiger partial charge is 0.315 e. The molecule has 110 valence electrons. The molecular weight excluding hydrogens is 250 g/mol. The number of nitrogens with zero attached hydrogens (tertiary/aromatic N) is 1. The largest absolute Gasteiger partial charge is 0.481 e. The minimum atomic E-state index is -0.907. The van der Waals surface area contributed by atoms with Crippen molar-refractivity contribution in [1.29, 1.82) is 0 Å². The average Bonchev–Trinajstić information content (AvgIpc) is 2.32. The van der Waals surface area contributed by atoms with E-state index in [-0.39, 0.29) is 18.9 Å². The number of carboxylic acids is 1. The van der Waals surface area contributed by atoms with E-state index in [1.54, 1.807) is 20.9 Å². The van der Waals surface area contributed by atoms with Crippen LogP contribution < -0.4 is 10.6 Å². The Kier molecular flexibility index (Phi) is 6.89. The van der Waals surface area contributed by atoms with Crippen LogP contribution in [0.3, 0.4) is 0 Å². The fourth-order valence-corrected chi connectivity index (χ4v) is 1.30. The van der Waals surface area contributed by atoms with Gasteiger partial charge in [-0.15, -0.1) is 0 Å². The number of urea groups is 1. The summed E-state index contributed by atoms with van der Waals surface area (Å²) in [6.07, 6.45) is 0.295. The molecule has 0 saturated heterocycles. The van der Waals surface area contributed by atoms with Crippen molar-refractivity contribution in [3.05, 3.63) is 0 Å². The molecule has 0 spiro atoms. The summed E-state index contributed by atoms with van der Waals surface area (Å²) in [6, 6.07) is -0.478. The van der Waals surface area contributed by atoms with Gasteiger partial charge in [-0.05, 0) is 27.2 Å². The summed E-state index contributed by atoms with van der Waals surface area (Å²) in [6.45, 7) is 5.80. The van der Waals surface area contributed by atoms with E-state index >= 15 is 0 Å². The van der Waals surface area contributed by atoms with Gasteiger partial charge in [0.2, 0.25) is 5.91 Å². The van der Waals surface area contributed by atoms with Crippen LogP contribution in [-0.2, 0) is 9.59 Å². The molecule has 0 aromatic heterocycles. The molecule has 7 nitrogen and oxygen atoms in total. The summed E-state index contributed by atoms with van der Waals surface area (Å²) in [5.74, 6) is -1.09. The molecule has 3 amide bonds. The van der Waals surface area contributed by atoms with Gasteiger partial charge in [0.1, 0.15) is 0 Å². The van der Waals surface area contributed by atoms with Gasteiger partial charge < -0.3 is 20.6 Å². The molecule has 19 heavy (non-hydrogen) atoms. The zero-order valence-electron chi connectivity index (χ0n) is 11.9. The molecule has 0 aliphatic heterocycles. The highest BCUT2D eigenvalue weighted by molar-refractivity contribution is 5.84. The molecule has 0 aromatic rings. The van der Waals surface area contributed by atoms with Crippen LogP contribution in [0, 0.1) is 0 Å². The van der Waals surface area contributed by atoms with Gasteiger partial charge in [0, 0.05) is 25.6 Å². The fourth-order valence-electron chi connectivity index (χ4n) is 1.30. The first-order valence-electron chi connectivity index (χ1n) is 6.19. The number of carbonyl (C=O) groups is 3. The SMILES string of the molecule is CCN(C)C(=O)CNC(=O)NC(C)(C)CCC(=O)O. The van der Waals surface area contributed by atoms with Crippen molar-refractivity contribution in [3.8, 4) is 0 Å². The summed E-state index contributed by atoms with van der Waals surface area (Å²) in [5.41, 5.74) is -0.637. The Bertz CT molecular complexity index is 342. The van der Waals surface area contributed by atoms with Crippen LogP contribution >= 0.6 is 0 Å². The molecule has 0 heterocycles. The number of carbonyl (C=O) groups excluding carboxylic acids is 2. The summed E-state index contributed by atoms with van der Waals surface area (Å²) >= 11 is 0. The lowest BCUT2D eigenvalue weighted by Gasteiger charge is -2.26. The Morgan fingerprint density at radius 1 is 1.26 bits per heavy atom. The first kappa shape index (κ1) is 17.2. The molecule has 0 rings (SSSR count). The molecule has 0 unspecified atom stereocenters. The Balaban J connectivity index is 4.09. The third kappa shape index (κ3) is 8.01. The Morgan fingerprint density at radius 2 is 1.84 bits per heavy atom. The minimum absolute atomic E-state index is 0.0230. The van der Waals surface area contributed by atoms with Crippen molar-refractivity contribution in [1.82, 2.24) is 15.5 Å². The third-order valence-electron chi connectivity index (χ3n) is 2.72. The number of likely N-dealkylation sites (N-methyl/N-ethyl adjacent to an activating group) is 1. The van der Waals surface area contributed by atoms with Gasteiger partial charge in [0.05, 0.1) is 6.54 Å². The highest BCUT2D eigenvalue weighted by Gasteiger charge is 2.21. The van der Waals surface area contributed by atoms with E-state index in [4.69, 9.17) is 5.11 Å². The summed E-state index contributed by atoms with van der Waals surface area (Å²) in [4.78, 5) is 35.0. The number of carboxylic acid groups (broad SMARTS) is 1. The van der Waals surface area contributed by atoms with Gasteiger partial charge in [0.15, 0.2) is 0 Å². The Hall–Kier alpha value is -1.79. The number of aliphatic carboxylic acids is 1. The zero-order valence-corrected chi connectivity index (χ0v) is 11.9. The Labute approximate surface area is 113 Å². The lowest BCUT2D eigenvalue weighted by Crippen LogP contribution is -2.50. The van der Waals surface area contributed by atoms with Gasteiger partial charge in [-0.1, -0.05) is 0 Å². The highest BCUT2D eigenvalue weighted by Crippen LogP contribution is 2.10. The second kappa shape index (κ2) is 7.60. The topological polar surface area (TPSA) is 98.7 Å². The fraction of sp³-hybridized carbons (Fsp3) is 0.750. The zero-order chi connectivity index (χ0) is 15.1. The standard InChI is InChI=1S/C12H23N3O4/c1-5-15(4)9(16)8-13-11(19)14-12(2,3)7-6-10(17)18/h5-8H2,1-4H3,(H,17,18)(H2,13,14,19). The average molecular weight is 273 g/mol. The Morgan fingerprint density at radius 3 is 2.32 bits per heavy atom. The molecule has 0 aromatic carbocycles. The molecule has 0 atom stereocenters. The number of hydrogen-bond acceptors (Lipinski definition) is 3. The van der Waals surface area contributed by atoms with E-state index in [1.165, 1.54) is 4.90 Å². The monoisotopic (exact) mass is 273 g/mol. The highest BCUT2D eigenvalue weighted by atomic mass is 16.4. The first-order valence-corrected chi connectivity index (χ1v) is 6.19. The molecule has 3 N–H and O–H groups in total. The summed E-state index contributed by atoms with van der Waals surface area (Å²) in [7, 11) is 1.65. The van der Waals surface area contributed by atoms with Gasteiger partial charge in [0.25, 0.3) is 0 Å². The molecule has 0 saturated carbocycles. The van der Waals surface area contributed by atoms with Crippen LogP contribution in [-0.4, -0.2) is 53.6 Å². The van der Waals surface area contributed by atoms with E-state index in [0.29, 0.717) is 13.0 Å². The van der Waals surface area contributed by atoms with Crippen LogP contribution in [0.2, 0.25) is 0 Å². The maximum atomic E-state index is 11.6. The molecule has 7 heteroatoms. The van der Waals surface area contributed by atoms with E-state index in [9.17, 15) is 14.4 Å². The normalized spacial score (nSPS) is 10.7. The van der Waals surface area contributed by atoms with E-state index in [0.717, 1.165) is 0 Å². The van der Waals surface area contributed by atoms with Crippen molar-refractivity contribution in [2.45, 2.75) is 39.2 Å². The van der Waals surface area contributed by atoms with Crippen LogP contribution in [0.5, 0.6) is 0 Å². The maximum Gasteiger partial charge on any atom is 0.315 e. The molecule has 0 aliphatic carbocycles. The molecule has 0 radical (unpaired) electrons. The van der Waals surface area contributed by atoms with Gasteiger partial charge >= 0.3 is 12.0 Å². The summed E-state index contributed by atoms with van der Waals surface area (Å²) < 4.78 is 0. The van der Waals surface area contributed by atoms with E-state index in [1.807, 2.05) is 6.92 Å². The third-order valence-corrected chi connectivity index (χ3v) is 2.72.